The smallest absolute Gasteiger partial charge is 0.243 e. The van der Waals surface area contributed by atoms with Gasteiger partial charge in [-0.15, -0.1) is 11.3 Å². The number of carbonyl (C=O) groups is 1. The Balaban J connectivity index is 1.49. The number of morpholine rings is 1. The first-order valence-corrected chi connectivity index (χ1v) is 12.4. The normalized spacial score (nSPS) is 14.7. The summed E-state index contributed by atoms with van der Waals surface area (Å²) < 4.78 is 50.9. The predicted octanol–water partition coefficient (Wildman–Crippen LogP) is 3.16. The number of sulfonamides is 1. The van der Waals surface area contributed by atoms with Crippen LogP contribution >= 0.6 is 11.3 Å². The number of anilines is 1. The van der Waals surface area contributed by atoms with Crippen LogP contribution in [0.3, 0.4) is 0 Å². The van der Waals surface area contributed by atoms with Crippen LogP contribution in [0.5, 0.6) is 5.75 Å². The third-order valence-corrected chi connectivity index (χ3v) is 7.87. The molecule has 174 valence electrons. The van der Waals surface area contributed by atoms with E-state index >= 15 is 0 Å². The number of rotatable bonds is 7. The Bertz CT molecular complexity index is 1240. The first kappa shape index (κ1) is 23.3. The van der Waals surface area contributed by atoms with Crippen LogP contribution in [0.1, 0.15) is 5.69 Å². The summed E-state index contributed by atoms with van der Waals surface area (Å²) in [6, 6.07) is 10.3. The zero-order chi connectivity index (χ0) is 23.4. The summed E-state index contributed by atoms with van der Waals surface area (Å²) >= 11 is 1.35. The first-order chi connectivity index (χ1) is 15.9. The van der Waals surface area contributed by atoms with Gasteiger partial charge in [-0.25, -0.2) is 17.8 Å². The maximum absolute atomic E-state index is 13.1. The first-order valence-electron chi connectivity index (χ1n) is 10.1. The minimum absolute atomic E-state index is 0.0126. The highest BCUT2D eigenvalue weighted by Gasteiger charge is 2.27. The van der Waals surface area contributed by atoms with Crippen molar-refractivity contribution in [2.45, 2.75) is 11.3 Å². The molecule has 1 aromatic heterocycles. The van der Waals surface area contributed by atoms with Crippen molar-refractivity contribution >= 4 is 33.0 Å². The molecule has 2 aromatic carbocycles. The van der Waals surface area contributed by atoms with Crippen LogP contribution in [-0.4, -0.2) is 57.0 Å². The van der Waals surface area contributed by atoms with Crippen molar-refractivity contribution in [1.82, 2.24) is 9.29 Å². The van der Waals surface area contributed by atoms with E-state index < -0.39 is 10.0 Å². The Hall–Kier alpha value is -2.86. The zero-order valence-electron chi connectivity index (χ0n) is 17.8. The Morgan fingerprint density at radius 2 is 1.94 bits per heavy atom. The highest BCUT2D eigenvalue weighted by atomic mass is 32.2. The third-order valence-electron chi connectivity index (χ3n) is 5.04. The highest BCUT2D eigenvalue weighted by molar-refractivity contribution is 7.89. The zero-order valence-corrected chi connectivity index (χ0v) is 19.4. The van der Waals surface area contributed by atoms with E-state index in [1.165, 1.54) is 53.1 Å². The molecule has 1 saturated heterocycles. The number of hydrogen-bond acceptors (Lipinski definition) is 7. The van der Waals surface area contributed by atoms with Crippen LogP contribution < -0.4 is 10.1 Å². The van der Waals surface area contributed by atoms with Gasteiger partial charge in [-0.1, -0.05) is 0 Å². The molecule has 1 amide bonds. The van der Waals surface area contributed by atoms with Gasteiger partial charge >= 0.3 is 0 Å². The molecule has 0 radical (unpaired) electrons. The monoisotopic (exact) mass is 491 g/mol. The lowest BCUT2D eigenvalue weighted by atomic mass is 10.2. The number of hydrogen-bond donors (Lipinski definition) is 1. The number of halogens is 1. The minimum Gasteiger partial charge on any atom is -0.495 e. The van der Waals surface area contributed by atoms with Crippen molar-refractivity contribution < 1.29 is 27.1 Å². The standard InChI is InChI=1S/C22H22FN3O5S2/c1-30-20-7-6-18(33(28,29)26-8-10-31-11-9-26)13-19(20)25-21(27)12-17-14-32-22(24-17)15-2-4-16(23)5-3-15/h2-7,13-14H,8-12H2,1H3,(H,25,27). The van der Waals surface area contributed by atoms with Crippen LogP contribution in [0.4, 0.5) is 10.1 Å². The maximum atomic E-state index is 13.1. The van der Waals surface area contributed by atoms with Gasteiger partial charge < -0.3 is 14.8 Å². The maximum Gasteiger partial charge on any atom is 0.243 e. The number of nitrogens with zero attached hydrogens (tertiary/aromatic N) is 2. The van der Waals surface area contributed by atoms with Gasteiger partial charge in [-0.05, 0) is 42.5 Å². The second-order valence-corrected chi connectivity index (χ2v) is 10.1. The molecular weight excluding hydrogens is 469 g/mol. The van der Waals surface area contributed by atoms with Gasteiger partial charge in [0, 0.05) is 24.0 Å². The van der Waals surface area contributed by atoms with Crippen molar-refractivity contribution in [2.24, 2.45) is 0 Å². The number of thiazole rings is 1. The van der Waals surface area contributed by atoms with E-state index in [1.54, 1.807) is 17.5 Å². The summed E-state index contributed by atoms with van der Waals surface area (Å²) in [7, 11) is -2.28. The number of carbonyl (C=O) groups excluding carboxylic acids is 1. The molecule has 0 unspecified atom stereocenters. The SMILES string of the molecule is COc1ccc(S(=O)(=O)N2CCOCC2)cc1NC(=O)Cc1csc(-c2ccc(F)cc2)n1. The fraction of sp³-hybridized carbons (Fsp3) is 0.273. The Kier molecular flexibility index (Phi) is 7.03. The van der Waals surface area contributed by atoms with Crippen LogP contribution in [0, 0.1) is 5.82 Å². The topological polar surface area (TPSA) is 97.8 Å². The summed E-state index contributed by atoms with van der Waals surface area (Å²) in [6.07, 6.45) is -0.0126. The molecule has 0 aliphatic carbocycles. The van der Waals surface area contributed by atoms with Crippen LogP contribution in [0.2, 0.25) is 0 Å². The molecule has 3 aromatic rings. The third kappa shape index (κ3) is 5.38. The van der Waals surface area contributed by atoms with E-state index in [1.807, 2.05) is 0 Å². The molecule has 8 nitrogen and oxygen atoms in total. The van der Waals surface area contributed by atoms with Crippen molar-refractivity contribution in [2.75, 3.05) is 38.7 Å². The van der Waals surface area contributed by atoms with Crippen LogP contribution in [0.15, 0.2) is 52.7 Å². The van der Waals surface area contributed by atoms with Crippen molar-refractivity contribution in [3.63, 3.8) is 0 Å². The molecule has 1 aliphatic rings. The molecule has 0 spiro atoms. The van der Waals surface area contributed by atoms with Gasteiger partial charge in [0.1, 0.15) is 16.6 Å². The summed E-state index contributed by atoms with van der Waals surface area (Å²) in [5.74, 6) is -0.360. The summed E-state index contributed by atoms with van der Waals surface area (Å²) in [5.41, 5.74) is 1.56. The number of nitrogens with one attached hydrogen (secondary N) is 1. The average molecular weight is 492 g/mol. The van der Waals surface area contributed by atoms with Crippen molar-refractivity contribution in [3.05, 3.63) is 59.4 Å². The lowest BCUT2D eigenvalue weighted by Gasteiger charge is -2.26. The van der Waals surface area contributed by atoms with Gasteiger partial charge in [0.15, 0.2) is 0 Å². The summed E-state index contributed by atoms with van der Waals surface area (Å²) in [6.45, 7) is 1.23. The minimum atomic E-state index is -3.73. The number of amides is 1. The fourth-order valence-corrected chi connectivity index (χ4v) is 5.61. The Labute approximate surface area is 195 Å². The van der Waals surface area contributed by atoms with Gasteiger partial charge in [0.05, 0.1) is 43.0 Å². The average Bonchev–Trinajstić information content (AvgIpc) is 3.28. The molecule has 0 saturated carbocycles. The van der Waals surface area contributed by atoms with Crippen molar-refractivity contribution in [3.8, 4) is 16.3 Å². The second kappa shape index (κ2) is 9.96. The van der Waals surface area contributed by atoms with E-state index in [2.05, 4.69) is 10.3 Å². The van der Waals surface area contributed by atoms with Gasteiger partial charge in [0.25, 0.3) is 0 Å². The molecule has 11 heteroatoms. The molecule has 1 aliphatic heterocycles. The quantitative estimate of drug-likeness (QED) is 0.545. The van der Waals surface area contributed by atoms with E-state index in [0.29, 0.717) is 29.7 Å². The molecule has 33 heavy (non-hydrogen) atoms. The Morgan fingerprint density at radius 3 is 2.64 bits per heavy atom. The number of ether oxygens (including phenoxy) is 2. The fourth-order valence-electron chi connectivity index (χ4n) is 3.35. The Morgan fingerprint density at radius 1 is 1.21 bits per heavy atom. The molecule has 1 fully saturated rings. The number of methoxy groups -OCH3 is 1. The van der Waals surface area contributed by atoms with Gasteiger partial charge in [-0.2, -0.15) is 4.31 Å². The molecule has 0 bridgehead atoms. The molecule has 0 atom stereocenters. The predicted molar refractivity (Wildman–Crippen MR) is 122 cm³/mol. The summed E-state index contributed by atoms with van der Waals surface area (Å²) in [4.78, 5) is 17.2. The van der Waals surface area contributed by atoms with Crippen LogP contribution in [0.25, 0.3) is 10.6 Å². The van der Waals surface area contributed by atoms with E-state index in [4.69, 9.17) is 9.47 Å². The molecule has 2 heterocycles. The summed E-state index contributed by atoms with van der Waals surface area (Å²) in [5, 5.41) is 5.16. The lowest BCUT2D eigenvalue weighted by molar-refractivity contribution is -0.115. The number of benzene rings is 2. The largest absolute Gasteiger partial charge is 0.495 e. The lowest BCUT2D eigenvalue weighted by Crippen LogP contribution is -2.40. The van der Waals surface area contributed by atoms with E-state index in [9.17, 15) is 17.6 Å². The van der Waals surface area contributed by atoms with E-state index in [0.717, 1.165) is 5.56 Å². The van der Waals surface area contributed by atoms with Crippen LogP contribution in [-0.2, 0) is 26.0 Å². The van der Waals surface area contributed by atoms with Crippen molar-refractivity contribution in [1.29, 1.82) is 0 Å². The number of aromatic nitrogens is 1. The molecular formula is C22H22FN3O5S2. The second-order valence-electron chi connectivity index (χ2n) is 7.25. The molecule has 1 N–H and O–H groups in total. The van der Waals surface area contributed by atoms with Gasteiger partial charge in [-0.3, -0.25) is 4.79 Å². The highest BCUT2D eigenvalue weighted by Crippen LogP contribution is 2.30. The van der Waals surface area contributed by atoms with E-state index in [-0.39, 0.29) is 41.8 Å². The molecule has 4 rings (SSSR count). The van der Waals surface area contributed by atoms with Gasteiger partial charge in [0.2, 0.25) is 15.9 Å².